The summed E-state index contributed by atoms with van der Waals surface area (Å²) in [7, 11) is -2.21. The highest BCUT2D eigenvalue weighted by Crippen LogP contribution is 2.24. The van der Waals surface area contributed by atoms with Gasteiger partial charge in [0.15, 0.2) is 0 Å². The highest BCUT2D eigenvalue weighted by Gasteiger charge is 2.33. The molecule has 1 unspecified atom stereocenters. The van der Waals surface area contributed by atoms with Crippen LogP contribution >= 0.6 is 15.9 Å². The average molecular weight is 377 g/mol. The first-order chi connectivity index (χ1) is 9.95. The van der Waals surface area contributed by atoms with Crippen LogP contribution in [0.2, 0.25) is 0 Å². The lowest BCUT2D eigenvalue weighted by atomic mass is 9.99. The van der Waals surface area contributed by atoms with Gasteiger partial charge in [0.1, 0.15) is 0 Å². The summed E-state index contributed by atoms with van der Waals surface area (Å²) in [5.74, 6) is -0.669. The minimum absolute atomic E-state index is 0.174. The summed E-state index contributed by atoms with van der Waals surface area (Å²) >= 11 is 3.28. The Morgan fingerprint density at radius 2 is 2.05 bits per heavy atom. The van der Waals surface area contributed by atoms with Gasteiger partial charge >= 0.3 is 0 Å². The van der Waals surface area contributed by atoms with Gasteiger partial charge in [-0.15, -0.1) is 0 Å². The molecular formula is C13H17BrN2O4S. The van der Waals surface area contributed by atoms with Gasteiger partial charge in [-0.3, -0.25) is 9.63 Å². The van der Waals surface area contributed by atoms with Crippen molar-refractivity contribution in [3.8, 4) is 0 Å². The van der Waals surface area contributed by atoms with E-state index in [9.17, 15) is 13.2 Å². The first kappa shape index (κ1) is 16.4. The molecule has 1 aliphatic heterocycles. The van der Waals surface area contributed by atoms with Crippen LogP contribution in [0.3, 0.4) is 0 Å². The number of hydrogen-bond donors (Lipinski definition) is 1. The van der Waals surface area contributed by atoms with Crippen molar-refractivity contribution < 1.29 is 18.0 Å². The molecule has 0 bridgehead atoms. The van der Waals surface area contributed by atoms with Crippen LogP contribution in [0, 0.1) is 5.92 Å². The Balaban J connectivity index is 2.16. The fourth-order valence-electron chi connectivity index (χ4n) is 2.31. The van der Waals surface area contributed by atoms with Crippen LogP contribution in [0.5, 0.6) is 0 Å². The second-order valence-electron chi connectivity index (χ2n) is 4.83. The van der Waals surface area contributed by atoms with Gasteiger partial charge < -0.3 is 0 Å². The predicted octanol–water partition coefficient (Wildman–Crippen LogP) is 1.53. The number of benzene rings is 1. The number of piperidine rings is 1. The summed E-state index contributed by atoms with van der Waals surface area (Å²) in [4.78, 5) is 16.6. The van der Waals surface area contributed by atoms with Crippen LogP contribution in [0.25, 0.3) is 0 Å². The van der Waals surface area contributed by atoms with Crippen molar-refractivity contribution in [2.24, 2.45) is 5.92 Å². The Bertz CT molecular complexity index is 603. The number of sulfonamides is 1. The average Bonchev–Trinajstić information content (AvgIpc) is 2.48. The maximum atomic E-state index is 12.6. The number of halogens is 1. The van der Waals surface area contributed by atoms with Gasteiger partial charge in [-0.25, -0.2) is 13.9 Å². The maximum absolute atomic E-state index is 12.6. The van der Waals surface area contributed by atoms with Gasteiger partial charge in [0.05, 0.1) is 17.9 Å². The van der Waals surface area contributed by atoms with Crippen LogP contribution in [0.4, 0.5) is 0 Å². The first-order valence-electron chi connectivity index (χ1n) is 6.53. The van der Waals surface area contributed by atoms with Crippen molar-refractivity contribution >= 4 is 31.9 Å². The van der Waals surface area contributed by atoms with E-state index in [1.165, 1.54) is 11.4 Å². The highest BCUT2D eigenvalue weighted by molar-refractivity contribution is 9.10. The Morgan fingerprint density at radius 1 is 1.38 bits per heavy atom. The molecule has 1 aliphatic rings. The van der Waals surface area contributed by atoms with Gasteiger partial charge in [-0.1, -0.05) is 15.9 Å². The number of nitrogens with zero attached hydrogens (tertiary/aromatic N) is 1. The third-order valence-electron chi connectivity index (χ3n) is 3.41. The molecule has 1 aromatic carbocycles. The lowest BCUT2D eigenvalue weighted by molar-refractivity contribution is -0.136. The quantitative estimate of drug-likeness (QED) is 0.808. The van der Waals surface area contributed by atoms with Crippen LogP contribution in [0.15, 0.2) is 33.6 Å². The summed E-state index contributed by atoms with van der Waals surface area (Å²) in [6.45, 7) is 0.600. The molecular weight excluding hydrogens is 360 g/mol. The molecule has 0 aliphatic carbocycles. The SMILES string of the molecule is CONC(=O)C1CCCN(S(=O)(=O)c2ccc(Br)cc2)C1. The van der Waals surface area contributed by atoms with Crippen molar-refractivity contribution in [2.45, 2.75) is 17.7 Å². The van der Waals surface area contributed by atoms with E-state index in [1.54, 1.807) is 24.3 Å². The second-order valence-corrected chi connectivity index (χ2v) is 7.68. The van der Waals surface area contributed by atoms with E-state index in [0.717, 1.165) is 4.47 Å². The van der Waals surface area contributed by atoms with E-state index in [4.69, 9.17) is 0 Å². The Morgan fingerprint density at radius 3 is 2.67 bits per heavy atom. The Hall–Kier alpha value is -0.960. The van der Waals surface area contributed by atoms with E-state index in [2.05, 4.69) is 26.2 Å². The molecule has 1 aromatic rings. The minimum Gasteiger partial charge on any atom is -0.277 e. The lowest BCUT2D eigenvalue weighted by Gasteiger charge is -2.30. The monoisotopic (exact) mass is 376 g/mol. The summed E-state index contributed by atoms with van der Waals surface area (Å²) in [6, 6.07) is 6.48. The van der Waals surface area contributed by atoms with Gasteiger partial charge in [-0.2, -0.15) is 4.31 Å². The van der Waals surface area contributed by atoms with E-state index in [1.807, 2.05) is 0 Å². The summed E-state index contributed by atoms with van der Waals surface area (Å²) in [5, 5.41) is 0. The van der Waals surface area contributed by atoms with Gasteiger partial charge in [0.25, 0.3) is 0 Å². The lowest BCUT2D eigenvalue weighted by Crippen LogP contribution is -2.45. The van der Waals surface area contributed by atoms with Gasteiger partial charge in [-0.05, 0) is 37.1 Å². The zero-order valence-corrected chi connectivity index (χ0v) is 14.0. The number of rotatable bonds is 4. The zero-order chi connectivity index (χ0) is 15.5. The smallest absolute Gasteiger partial charge is 0.247 e. The molecule has 116 valence electrons. The standard InChI is InChI=1S/C13H17BrN2O4S/c1-20-15-13(17)10-3-2-8-16(9-10)21(18,19)12-6-4-11(14)5-7-12/h4-7,10H,2-3,8-9H2,1H3,(H,15,17). The molecule has 1 atom stereocenters. The molecule has 0 spiro atoms. The largest absolute Gasteiger partial charge is 0.277 e. The molecule has 0 saturated carbocycles. The molecule has 6 nitrogen and oxygen atoms in total. The summed E-state index contributed by atoms with van der Waals surface area (Å²) in [5.41, 5.74) is 2.27. The van der Waals surface area contributed by atoms with E-state index < -0.39 is 10.0 Å². The fourth-order valence-corrected chi connectivity index (χ4v) is 4.10. The van der Waals surface area contributed by atoms with Crippen molar-refractivity contribution in [2.75, 3.05) is 20.2 Å². The zero-order valence-electron chi connectivity index (χ0n) is 11.6. The predicted molar refractivity (Wildman–Crippen MR) is 80.8 cm³/mol. The number of carbonyl (C=O) groups excluding carboxylic acids is 1. The molecule has 8 heteroatoms. The van der Waals surface area contributed by atoms with Crippen molar-refractivity contribution in [3.05, 3.63) is 28.7 Å². The number of amides is 1. The van der Waals surface area contributed by atoms with Gasteiger partial charge in [0.2, 0.25) is 15.9 Å². The van der Waals surface area contributed by atoms with Crippen molar-refractivity contribution in [3.63, 3.8) is 0 Å². The van der Waals surface area contributed by atoms with Crippen LogP contribution in [-0.4, -0.2) is 38.8 Å². The molecule has 0 aromatic heterocycles. The van der Waals surface area contributed by atoms with E-state index in [0.29, 0.717) is 19.4 Å². The molecule has 21 heavy (non-hydrogen) atoms. The molecule has 2 rings (SSSR count). The molecule has 1 saturated heterocycles. The molecule has 1 heterocycles. The minimum atomic E-state index is -3.57. The Kier molecular flexibility index (Phi) is 5.37. The first-order valence-corrected chi connectivity index (χ1v) is 8.77. The molecule has 0 radical (unpaired) electrons. The topological polar surface area (TPSA) is 75.7 Å². The van der Waals surface area contributed by atoms with Crippen molar-refractivity contribution in [1.82, 2.24) is 9.79 Å². The number of hydroxylamine groups is 1. The molecule has 1 fully saturated rings. The third kappa shape index (κ3) is 3.82. The summed E-state index contributed by atoms with van der Waals surface area (Å²) in [6.07, 6.45) is 1.30. The maximum Gasteiger partial charge on any atom is 0.247 e. The number of hydrogen-bond acceptors (Lipinski definition) is 4. The number of carbonyl (C=O) groups is 1. The van der Waals surface area contributed by atoms with Crippen LogP contribution in [-0.2, 0) is 19.7 Å². The van der Waals surface area contributed by atoms with E-state index in [-0.39, 0.29) is 23.3 Å². The molecule has 1 amide bonds. The highest BCUT2D eigenvalue weighted by atomic mass is 79.9. The molecule has 1 N–H and O–H groups in total. The van der Waals surface area contributed by atoms with Crippen LogP contribution < -0.4 is 5.48 Å². The van der Waals surface area contributed by atoms with Gasteiger partial charge in [0, 0.05) is 17.6 Å². The van der Waals surface area contributed by atoms with Crippen LogP contribution in [0.1, 0.15) is 12.8 Å². The Labute approximate surface area is 132 Å². The normalized spacial score (nSPS) is 20.2. The van der Waals surface area contributed by atoms with Crippen molar-refractivity contribution in [1.29, 1.82) is 0 Å². The fraction of sp³-hybridized carbons (Fsp3) is 0.462. The van der Waals surface area contributed by atoms with E-state index >= 15 is 0 Å². The number of nitrogens with one attached hydrogen (secondary N) is 1. The third-order valence-corrected chi connectivity index (χ3v) is 5.82. The second kappa shape index (κ2) is 6.87. The summed E-state index contributed by atoms with van der Waals surface area (Å²) < 4.78 is 27.3.